The van der Waals surface area contributed by atoms with Crippen molar-refractivity contribution in [3.63, 3.8) is 0 Å². The van der Waals surface area contributed by atoms with Gasteiger partial charge in [0, 0.05) is 11.8 Å². The van der Waals surface area contributed by atoms with Gasteiger partial charge in [0.1, 0.15) is 10.8 Å². The summed E-state index contributed by atoms with van der Waals surface area (Å²) in [4.78, 5) is 8.76. The maximum atomic E-state index is 5.80. The number of nitrogens with two attached hydrogens (primary N) is 1. The molecular weight excluding hydrogens is 286 g/mol. The van der Waals surface area contributed by atoms with Gasteiger partial charge in [-0.3, -0.25) is 0 Å². The van der Waals surface area contributed by atoms with Gasteiger partial charge in [-0.1, -0.05) is 42.1 Å². The Bertz CT molecular complexity index is 668. The normalized spacial score (nSPS) is 13.2. The van der Waals surface area contributed by atoms with E-state index in [2.05, 4.69) is 40.3 Å². The third kappa shape index (κ3) is 2.83. The molecular formula is C15H15N3S2. The van der Waals surface area contributed by atoms with Gasteiger partial charge in [0.15, 0.2) is 5.16 Å². The lowest BCUT2D eigenvalue weighted by atomic mass is 10.1. The van der Waals surface area contributed by atoms with Crippen molar-refractivity contribution in [1.82, 2.24) is 9.97 Å². The van der Waals surface area contributed by atoms with E-state index in [4.69, 9.17) is 5.73 Å². The maximum absolute atomic E-state index is 5.80. The number of hydrogen-bond donors (Lipinski definition) is 1. The molecule has 1 aliphatic rings. The minimum atomic E-state index is 0.535. The van der Waals surface area contributed by atoms with Crippen molar-refractivity contribution >= 4 is 34.9 Å². The summed E-state index contributed by atoms with van der Waals surface area (Å²) < 4.78 is 0. The number of benzene rings is 1. The summed E-state index contributed by atoms with van der Waals surface area (Å²) in [5.74, 6) is 1.42. The van der Waals surface area contributed by atoms with E-state index in [1.54, 1.807) is 29.6 Å². The number of allylic oxidation sites excluding steroid dienone is 1. The van der Waals surface area contributed by atoms with Crippen LogP contribution in [0.1, 0.15) is 11.1 Å². The van der Waals surface area contributed by atoms with Crippen LogP contribution in [0.4, 0.5) is 5.82 Å². The average molecular weight is 301 g/mol. The Morgan fingerprint density at radius 2 is 2.10 bits per heavy atom. The van der Waals surface area contributed by atoms with Gasteiger partial charge >= 0.3 is 0 Å². The lowest BCUT2D eigenvalue weighted by Crippen LogP contribution is -1.97. The van der Waals surface area contributed by atoms with Crippen LogP contribution in [0.15, 0.2) is 46.6 Å². The van der Waals surface area contributed by atoms with Crippen LogP contribution in [-0.2, 0) is 6.42 Å². The van der Waals surface area contributed by atoms with Gasteiger partial charge in [0.25, 0.3) is 0 Å². The Hall–Kier alpha value is -1.46. The predicted octanol–water partition coefficient (Wildman–Crippen LogP) is 3.51. The van der Waals surface area contributed by atoms with E-state index < -0.39 is 0 Å². The molecule has 3 rings (SSSR count). The zero-order valence-electron chi connectivity index (χ0n) is 11.2. The van der Waals surface area contributed by atoms with Gasteiger partial charge < -0.3 is 5.73 Å². The monoisotopic (exact) mass is 301 g/mol. The number of fused-ring (bicyclic) bond motifs is 1. The number of aromatic nitrogens is 2. The fourth-order valence-corrected chi connectivity index (χ4v) is 3.59. The molecule has 102 valence electrons. The van der Waals surface area contributed by atoms with Crippen LogP contribution in [0.25, 0.3) is 5.57 Å². The average Bonchev–Trinajstić information content (AvgIpc) is 2.88. The Balaban J connectivity index is 1.73. The molecule has 2 N–H and O–H groups in total. The minimum Gasteiger partial charge on any atom is -0.384 e. The molecule has 0 atom stereocenters. The Kier molecular flexibility index (Phi) is 3.98. The van der Waals surface area contributed by atoms with Crippen LogP contribution >= 0.6 is 23.5 Å². The second-order valence-corrected chi connectivity index (χ2v) is 6.27. The van der Waals surface area contributed by atoms with Gasteiger partial charge in [-0.2, -0.15) is 0 Å². The van der Waals surface area contributed by atoms with Crippen LogP contribution in [-0.4, -0.2) is 22.0 Å². The van der Waals surface area contributed by atoms with E-state index in [1.165, 1.54) is 16.7 Å². The molecule has 2 aromatic rings. The summed E-state index contributed by atoms with van der Waals surface area (Å²) in [6.07, 6.45) is 5.31. The first-order valence-electron chi connectivity index (χ1n) is 6.35. The number of nitrogens with zero attached hydrogens (tertiary/aromatic N) is 2. The zero-order valence-corrected chi connectivity index (χ0v) is 12.8. The molecule has 3 nitrogen and oxygen atoms in total. The summed E-state index contributed by atoms with van der Waals surface area (Å²) >= 11 is 3.23. The summed E-state index contributed by atoms with van der Waals surface area (Å²) in [6.45, 7) is 0. The van der Waals surface area contributed by atoms with E-state index in [0.717, 1.165) is 22.4 Å². The van der Waals surface area contributed by atoms with E-state index in [9.17, 15) is 0 Å². The second-order valence-electron chi connectivity index (χ2n) is 4.50. The molecule has 5 heteroatoms. The Labute approximate surface area is 127 Å². The van der Waals surface area contributed by atoms with Crippen LogP contribution in [0.3, 0.4) is 0 Å². The summed E-state index contributed by atoms with van der Waals surface area (Å²) in [5, 5.41) is 1.67. The molecule has 1 aromatic carbocycles. The Morgan fingerprint density at radius 1 is 1.25 bits per heavy atom. The van der Waals surface area contributed by atoms with E-state index >= 15 is 0 Å². The van der Waals surface area contributed by atoms with Gasteiger partial charge in [-0.15, -0.1) is 11.8 Å². The van der Waals surface area contributed by atoms with E-state index in [1.807, 2.05) is 6.26 Å². The Morgan fingerprint density at radius 3 is 2.95 bits per heavy atom. The highest BCUT2D eigenvalue weighted by Crippen LogP contribution is 2.31. The zero-order chi connectivity index (χ0) is 13.9. The highest BCUT2D eigenvalue weighted by atomic mass is 32.2. The van der Waals surface area contributed by atoms with Crippen molar-refractivity contribution < 1.29 is 0 Å². The van der Waals surface area contributed by atoms with Crippen molar-refractivity contribution in [3.8, 4) is 0 Å². The van der Waals surface area contributed by atoms with Crippen molar-refractivity contribution in [3.05, 3.63) is 47.5 Å². The summed E-state index contributed by atoms with van der Waals surface area (Å²) in [7, 11) is 0. The molecule has 0 unspecified atom stereocenters. The van der Waals surface area contributed by atoms with Crippen LogP contribution in [0.5, 0.6) is 0 Å². The molecule has 0 fully saturated rings. The second kappa shape index (κ2) is 5.89. The number of anilines is 1. The van der Waals surface area contributed by atoms with Crippen LogP contribution < -0.4 is 5.73 Å². The molecule has 1 heterocycles. The van der Waals surface area contributed by atoms with Crippen LogP contribution in [0.2, 0.25) is 0 Å². The molecule has 0 aliphatic heterocycles. The third-order valence-corrected chi connectivity index (χ3v) is 4.72. The number of hydrogen-bond acceptors (Lipinski definition) is 5. The highest BCUT2D eigenvalue weighted by Gasteiger charge is 2.14. The molecule has 0 saturated carbocycles. The summed E-state index contributed by atoms with van der Waals surface area (Å²) in [6, 6.07) is 10.4. The van der Waals surface area contributed by atoms with Gasteiger partial charge in [0.2, 0.25) is 0 Å². The maximum Gasteiger partial charge on any atom is 0.190 e. The van der Waals surface area contributed by atoms with Gasteiger partial charge in [-0.25, -0.2) is 9.97 Å². The first kappa shape index (κ1) is 13.5. The van der Waals surface area contributed by atoms with Crippen molar-refractivity contribution in [2.24, 2.45) is 0 Å². The third-order valence-electron chi connectivity index (χ3n) is 3.20. The van der Waals surface area contributed by atoms with E-state index in [-0.39, 0.29) is 0 Å². The smallest absolute Gasteiger partial charge is 0.190 e. The van der Waals surface area contributed by atoms with Crippen molar-refractivity contribution in [2.75, 3.05) is 17.7 Å². The first-order chi connectivity index (χ1) is 9.76. The molecule has 1 aromatic heterocycles. The topological polar surface area (TPSA) is 51.8 Å². The van der Waals surface area contributed by atoms with Crippen LogP contribution in [0, 0.1) is 0 Å². The molecule has 0 saturated heterocycles. The molecule has 0 spiro atoms. The van der Waals surface area contributed by atoms with Gasteiger partial charge in [0.05, 0.1) is 0 Å². The van der Waals surface area contributed by atoms with Crippen molar-refractivity contribution in [1.29, 1.82) is 0 Å². The van der Waals surface area contributed by atoms with Gasteiger partial charge in [-0.05, 0) is 29.4 Å². The largest absolute Gasteiger partial charge is 0.384 e. The number of nitrogen functional groups attached to an aromatic ring is 1. The number of thioether (sulfide) groups is 2. The minimum absolute atomic E-state index is 0.535. The molecule has 1 aliphatic carbocycles. The SMILES string of the molecule is CSc1cc(N)nc(SCC2=CCc3ccccc32)n1. The predicted molar refractivity (Wildman–Crippen MR) is 87.1 cm³/mol. The fraction of sp³-hybridized carbons (Fsp3) is 0.200. The summed E-state index contributed by atoms with van der Waals surface area (Å²) in [5.41, 5.74) is 9.93. The fourth-order valence-electron chi connectivity index (χ4n) is 2.22. The molecule has 0 amide bonds. The molecule has 0 radical (unpaired) electrons. The highest BCUT2D eigenvalue weighted by molar-refractivity contribution is 7.99. The first-order valence-corrected chi connectivity index (χ1v) is 8.56. The molecule has 20 heavy (non-hydrogen) atoms. The molecule has 0 bridgehead atoms. The lowest BCUT2D eigenvalue weighted by Gasteiger charge is -2.06. The standard InChI is InChI=1S/C15H15N3S2/c1-19-14-8-13(16)17-15(18-14)20-9-11-7-6-10-4-2-3-5-12(10)11/h2-5,7-8H,6,9H2,1H3,(H2,16,17,18). The lowest BCUT2D eigenvalue weighted by molar-refractivity contribution is 0.902. The van der Waals surface area contributed by atoms with Crippen molar-refractivity contribution in [2.45, 2.75) is 16.6 Å². The quantitative estimate of drug-likeness (QED) is 0.532. The van der Waals surface area contributed by atoms with E-state index in [0.29, 0.717) is 5.82 Å². The number of rotatable bonds is 4.